The first-order valence-electron chi connectivity index (χ1n) is 13.4. The molecular weight excluding hydrogens is 524 g/mol. The van der Waals surface area contributed by atoms with Gasteiger partial charge in [-0.1, -0.05) is 24.3 Å². The first kappa shape index (κ1) is 27.1. The van der Waals surface area contributed by atoms with Gasteiger partial charge in [-0.2, -0.15) is 5.10 Å². The highest BCUT2D eigenvalue weighted by Crippen LogP contribution is 2.26. The number of likely N-dealkylation sites (tertiary alicyclic amines) is 1. The highest BCUT2D eigenvalue weighted by Gasteiger charge is 2.19. The van der Waals surface area contributed by atoms with E-state index in [-0.39, 0.29) is 17.8 Å². The second-order valence-corrected chi connectivity index (χ2v) is 10.8. The molecule has 4 aromatic rings. The van der Waals surface area contributed by atoms with Gasteiger partial charge in [-0.05, 0) is 72.7 Å². The van der Waals surface area contributed by atoms with Crippen LogP contribution in [0.2, 0.25) is 0 Å². The largest absolute Gasteiger partial charge is 0.343 e. The van der Waals surface area contributed by atoms with Crippen LogP contribution in [0.3, 0.4) is 0 Å². The lowest BCUT2D eigenvalue weighted by Crippen LogP contribution is -2.33. The molecule has 2 aromatic heterocycles. The van der Waals surface area contributed by atoms with Gasteiger partial charge in [-0.25, -0.2) is 4.79 Å². The molecular formula is C30H32N6O3S. The fraction of sp³-hybridized carbons (Fsp3) is 0.267. The predicted molar refractivity (Wildman–Crippen MR) is 160 cm³/mol. The molecule has 1 fully saturated rings. The Morgan fingerprint density at radius 3 is 2.83 bits per heavy atom. The third-order valence-corrected chi connectivity index (χ3v) is 7.64. The van der Waals surface area contributed by atoms with Gasteiger partial charge in [0.05, 0.1) is 17.6 Å². The van der Waals surface area contributed by atoms with E-state index < -0.39 is 0 Å². The van der Waals surface area contributed by atoms with Gasteiger partial charge in [0.1, 0.15) is 0 Å². The van der Waals surface area contributed by atoms with Crippen LogP contribution in [0.15, 0.2) is 53.9 Å². The van der Waals surface area contributed by atoms with Gasteiger partial charge in [0, 0.05) is 47.7 Å². The first-order valence-corrected chi connectivity index (χ1v) is 14.2. The van der Waals surface area contributed by atoms with Crippen LogP contribution in [0.4, 0.5) is 16.2 Å². The van der Waals surface area contributed by atoms with Crippen molar-refractivity contribution in [2.24, 2.45) is 0 Å². The van der Waals surface area contributed by atoms with E-state index in [4.69, 9.17) is 0 Å². The summed E-state index contributed by atoms with van der Waals surface area (Å²) in [5.74, 6) is 0.143. The van der Waals surface area contributed by atoms with E-state index in [1.165, 1.54) is 0 Å². The van der Waals surface area contributed by atoms with E-state index in [1.54, 1.807) is 11.3 Å². The summed E-state index contributed by atoms with van der Waals surface area (Å²) in [6, 6.07) is 15.1. The summed E-state index contributed by atoms with van der Waals surface area (Å²) >= 11 is 1.57. The topological polar surface area (TPSA) is 119 Å². The van der Waals surface area contributed by atoms with Crippen molar-refractivity contribution in [1.29, 1.82) is 0 Å². The predicted octanol–water partition coefficient (Wildman–Crippen LogP) is 5.42. The lowest BCUT2D eigenvalue weighted by molar-refractivity contribution is -0.127. The van der Waals surface area contributed by atoms with E-state index in [1.807, 2.05) is 77.9 Å². The van der Waals surface area contributed by atoms with Crippen LogP contribution >= 0.6 is 11.3 Å². The third kappa shape index (κ3) is 6.95. The Balaban J connectivity index is 1.18. The number of rotatable bonds is 10. The van der Waals surface area contributed by atoms with Crippen molar-refractivity contribution in [2.75, 3.05) is 30.3 Å². The van der Waals surface area contributed by atoms with Crippen LogP contribution < -0.4 is 16.0 Å². The maximum atomic E-state index is 12.6. The molecule has 0 atom stereocenters. The molecule has 0 spiro atoms. The molecule has 2 aromatic carbocycles. The van der Waals surface area contributed by atoms with E-state index in [0.717, 1.165) is 57.7 Å². The summed E-state index contributed by atoms with van der Waals surface area (Å²) in [4.78, 5) is 39.4. The SMILES string of the molecule is Cc1cc2[nH]nc(C=Cc3cccc(NC(=O)NCCCN4CCCC4=O)c3)c2cc1NC(=O)Cc1cccs1. The molecule has 9 nitrogen and oxygen atoms in total. The molecule has 0 unspecified atom stereocenters. The number of aryl methyl sites for hydroxylation is 1. The number of aromatic nitrogens is 2. The molecule has 1 aliphatic heterocycles. The minimum Gasteiger partial charge on any atom is -0.343 e. The number of anilines is 2. The Morgan fingerprint density at radius 2 is 2.02 bits per heavy atom. The maximum Gasteiger partial charge on any atom is 0.319 e. The lowest BCUT2D eigenvalue weighted by atomic mass is 10.1. The average molecular weight is 557 g/mol. The molecule has 10 heteroatoms. The lowest BCUT2D eigenvalue weighted by Gasteiger charge is -2.15. The summed E-state index contributed by atoms with van der Waals surface area (Å²) in [5.41, 5.74) is 4.92. The second-order valence-electron chi connectivity index (χ2n) is 9.80. The molecule has 40 heavy (non-hydrogen) atoms. The Kier molecular flexibility index (Phi) is 8.56. The monoisotopic (exact) mass is 556 g/mol. The van der Waals surface area contributed by atoms with Crippen molar-refractivity contribution in [3.05, 3.63) is 75.6 Å². The summed E-state index contributed by atoms with van der Waals surface area (Å²) in [7, 11) is 0. The number of nitrogens with one attached hydrogen (secondary N) is 4. The first-order chi connectivity index (χ1) is 19.4. The number of thiophene rings is 1. The molecule has 206 valence electrons. The summed E-state index contributed by atoms with van der Waals surface area (Å²) < 4.78 is 0. The number of carbonyl (C=O) groups excluding carboxylic acids is 3. The number of amides is 4. The normalized spacial score (nSPS) is 13.3. The Bertz CT molecular complexity index is 1540. The van der Waals surface area contributed by atoms with E-state index in [2.05, 4.69) is 26.1 Å². The van der Waals surface area contributed by atoms with Crippen LogP contribution in [0.1, 0.15) is 41.0 Å². The fourth-order valence-electron chi connectivity index (χ4n) is 4.70. The molecule has 5 rings (SSSR count). The number of carbonyl (C=O) groups is 3. The number of aromatic amines is 1. The Labute approximate surface area is 236 Å². The molecule has 3 heterocycles. The van der Waals surface area contributed by atoms with Gasteiger partial charge in [0.15, 0.2) is 0 Å². The molecule has 1 aliphatic rings. The quantitative estimate of drug-likeness (QED) is 0.195. The fourth-order valence-corrected chi connectivity index (χ4v) is 5.41. The zero-order valence-corrected chi connectivity index (χ0v) is 23.1. The van der Waals surface area contributed by atoms with Crippen molar-refractivity contribution < 1.29 is 14.4 Å². The molecule has 0 bridgehead atoms. The zero-order chi connectivity index (χ0) is 27.9. The van der Waals surface area contributed by atoms with E-state index >= 15 is 0 Å². The maximum absolute atomic E-state index is 12.6. The minimum absolute atomic E-state index is 0.0551. The standard InChI is InChI=1S/C30H32N6O3S/c1-20-16-27-24(19-26(20)33-28(37)18-23-8-4-15-40-23)25(34-35-27)11-10-21-6-2-7-22(17-21)32-30(39)31-12-5-14-36-13-3-9-29(36)38/h2,4,6-8,10-11,15-17,19H,3,5,9,12-14,18H2,1H3,(H,33,37)(H,34,35)(H2,31,32,39). The number of H-pyrrole nitrogens is 1. The van der Waals surface area contributed by atoms with Gasteiger partial charge >= 0.3 is 6.03 Å². The van der Waals surface area contributed by atoms with Crippen LogP contribution in [-0.2, 0) is 16.0 Å². The number of hydrogen-bond donors (Lipinski definition) is 4. The summed E-state index contributed by atoms with van der Waals surface area (Å²) in [6.45, 7) is 3.94. The van der Waals surface area contributed by atoms with Crippen molar-refractivity contribution in [2.45, 2.75) is 32.6 Å². The number of benzene rings is 2. The van der Waals surface area contributed by atoms with E-state index in [9.17, 15) is 14.4 Å². The van der Waals surface area contributed by atoms with Gasteiger partial charge in [-0.3, -0.25) is 14.7 Å². The third-order valence-electron chi connectivity index (χ3n) is 6.77. The number of urea groups is 1. The molecule has 0 aliphatic carbocycles. The molecule has 4 amide bonds. The van der Waals surface area contributed by atoms with Crippen molar-refractivity contribution in [3.63, 3.8) is 0 Å². The Morgan fingerprint density at radius 1 is 1.12 bits per heavy atom. The molecule has 4 N–H and O–H groups in total. The smallest absolute Gasteiger partial charge is 0.319 e. The molecule has 1 saturated heterocycles. The van der Waals surface area contributed by atoms with Crippen molar-refractivity contribution in [3.8, 4) is 0 Å². The number of hydrogen-bond acceptors (Lipinski definition) is 5. The van der Waals surface area contributed by atoms with Crippen molar-refractivity contribution in [1.82, 2.24) is 20.4 Å². The molecule has 0 radical (unpaired) electrons. The van der Waals surface area contributed by atoms with Crippen molar-refractivity contribution >= 4 is 63.6 Å². The van der Waals surface area contributed by atoms with Gasteiger partial charge in [0.2, 0.25) is 11.8 Å². The highest BCUT2D eigenvalue weighted by atomic mass is 32.1. The van der Waals surface area contributed by atoms with Gasteiger partial charge in [-0.15, -0.1) is 11.3 Å². The van der Waals surface area contributed by atoms with E-state index in [0.29, 0.717) is 31.6 Å². The van der Waals surface area contributed by atoms with Crippen LogP contribution in [0, 0.1) is 6.92 Å². The summed E-state index contributed by atoms with van der Waals surface area (Å²) in [5, 5.41) is 19.1. The average Bonchev–Trinajstić information content (AvgIpc) is 3.68. The second kappa shape index (κ2) is 12.6. The van der Waals surface area contributed by atoms with Crippen LogP contribution in [0.25, 0.3) is 23.1 Å². The zero-order valence-electron chi connectivity index (χ0n) is 22.3. The van der Waals surface area contributed by atoms with Crippen LogP contribution in [0.5, 0.6) is 0 Å². The molecule has 0 saturated carbocycles. The Hall–Kier alpha value is -4.44. The van der Waals surface area contributed by atoms with Crippen LogP contribution in [-0.4, -0.2) is 52.6 Å². The summed E-state index contributed by atoms with van der Waals surface area (Å²) in [6.07, 6.45) is 6.45. The van der Waals surface area contributed by atoms with Gasteiger partial charge in [0.25, 0.3) is 0 Å². The number of fused-ring (bicyclic) bond motifs is 1. The highest BCUT2D eigenvalue weighted by molar-refractivity contribution is 7.10. The minimum atomic E-state index is -0.281. The van der Waals surface area contributed by atoms with Gasteiger partial charge < -0.3 is 20.9 Å². The number of nitrogens with zero attached hydrogens (tertiary/aromatic N) is 2.